The van der Waals surface area contributed by atoms with E-state index in [2.05, 4.69) is 48.1 Å². The summed E-state index contributed by atoms with van der Waals surface area (Å²) in [7, 11) is 0. The van der Waals surface area contributed by atoms with Crippen molar-refractivity contribution in [3.05, 3.63) is 19.2 Å². The van der Waals surface area contributed by atoms with Crippen molar-refractivity contribution in [3.63, 3.8) is 0 Å². The number of rotatable bonds is 2. The highest BCUT2D eigenvalue weighted by Crippen LogP contribution is 2.34. The number of hydrogen-bond donors (Lipinski definition) is 1. The molecule has 0 radical (unpaired) electrons. The van der Waals surface area contributed by atoms with Crippen LogP contribution in [0, 0.1) is 11.8 Å². The van der Waals surface area contributed by atoms with Crippen molar-refractivity contribution in [2.45, 2.75) is 6.54 Å². The molecule has 5 heteroatoms. The van der Waals surface area contributed by atoms with Gasteiger partial charge in [-0.1, -0.05) is 0 Å². The van der Waals surface area contributed by atoms with Crippen molar-refractivity contribution in [2.24, 2.45) is 11.8 Å². The molecule has 1 N–H and O–H groups in total. The van der Waals surface area contributed by atoms with Gasteiger partial charge >= 0.3 is 0 Å². The van der Waals surface area contributed by atoms with Crippen LogP contribution in [0.2, 0.25) is 0 Å². The Morgan fingerprint density at radius 2 is 2.00 bits per heavy atom. The summed E-state index contributed by atoms with van der Waals surface area (Å²) in [5.41, 5.74) is 0. The third kappa shape index (κ3) is 2.25. The van der Waals surface area contributed by atoms with E-state index in [1.54, 1.807) is 0 Å². The molecule has 0 bridgehead atoms. The summed E-state index contributed by atoms with van der Waals surface area (Å²) in [5.74, 6) is 1.79. The number of nitrogens with zero attached hydrogens (tertiary/aromatic N) is 1. The Bertz CT molecular complexity index is 362. The van der Waals surface area contributed by atoms with E-state index in [1.165, 1.54) is 39.3 Å². The van der Waals surface area contributed by atoms with Crippen LogP contribution < -0.4 is 5.32 Å². The third-order valence-electron chi connectivity index (χ3n) is 3.54. The molecular weight excluding hydrogens is 352 g/mol. The Balaban J connectivity index is 1.64. The van der Waals surface area contributed by atoms with Gasteiger partial charge < -0.3 is 5.32 Å². The highest BCUT2D eigenvalue weighted by molar-refractivity contribution is 9.13. The number of nitrogens with one attached hydrogen (secondary N) is 1. The first kappa shape index (κ1) is 11.7. The molecule has 2 fully saturated rings. The number of thiophene rings is 1. The topological polar surface area (TPSA) is 15.3 Å². The SMILES string of the molecule is Brc1cc(CN2CC3CNCC3C2)sc1Br. The van der Waals surface area contributed by atoms with Crippen LogP contribution in [0.15, 0.2) is 14.3 Å². The van der Waals surface area contributed by atoms with Crippen LogP contribution in [0.5, 0.6) is 0 Å². The van der Waals surface area contributed by atoms with E-state index in [0.29, 0.717) is 0 Å². The maximum atomic E-state index is 3.56. The van der Waals surface area contributed by atoms with Crippen molar-refractivity contribution in [3.8, 4) is 0 Å². The molecule has 0 aliphatic carbocycles. The summed E-state index contributed by atoms with van der Waals surface area (Å²) in [5, 5.41) is 3.48. The molecule has 0 spiro atoms. The van der Waals surface area contributed by atoms with Gasteiger partial charge in [0.2, 0.25) is 0 Å². The lowest BCUT2D eigenvalue weighted by Gasteiger charge is -2.15. The lowest BCUT2D eigenvalue weighted by atomic mass is 10.0. The Hall–Kier alpha value is 0.580. The Morgan fingerprint density at radius 3 is 2.56 bits per heavy atom. The number of fused-ring (bicyclic) bond motifs is 1. The van der Waals surface area contributed by atoms with Crippen LogP contribution in [-0.4, -0.2) is 31.1 Å². The van der Waals surface area contributed by atoms with E-state index in [1.807, 2.05) is 11.3 Å². The third-order valence-corrected chi connectivity index (χ3v) is 6.78. The number of likely N-dealkylation sites (tertiary alicyclic amines) is 1. The summed E-state index contributed by atoms with van der Waals surface area (Å²) in [6.07, 6.45) is 0. The Labute approximate surface area is 117 Å². The zero-order valence-electron chi connectivity index (χ0n) is 8.88. The van der Waals surface area contributed by atoms with E-state index in [9.17, 15) is 0 Å². The molecule has 2 saturated heterocycles. The van der Waals surface area contributed by atoms with Gasteiger partial charge in [-0.2, -0.15) is 0 Å². The van der Waals surface area contributed by atoms with E-state index < -0.39 is 0 Å². The summed E-state index contributed by atoms with van der Waals surface area (Å²) < 4.78 is 2.40. The minimum absolute atomic E-state index is 0.895. The molecule has 2 nitrogen and oxygen atoms in total. The molecule has 88 valence electrons. The molecule has 16 heavy (non-hydrogen) atoms. The van der Waals surface area contributed by atoms with Crippen LogP contribution >= 0.6 is 43.2 Å². The zero-order valence-corrected chi connectivity index (χ0v) is 12.9. The molecule has 0 saturated carbocycles. The van der Waals surface area contributed by atoms with Gasteiger partial charge in [-0.05, 0) is 62.9 Å². The number of halogens is 2. The highest BCUT2D eigenvalue weighted by Gasteiger charge is 2.35. The quantitative estimate of drug-likeness (QED) is 0.866. The van der Waals surface area contributed by atoms with Gasteiger partial charge in [-0.15, -0.1) is 11.3 Å². The van der Waals surface area contributed by atoms with Crippen molar-refractivity contribution in [2.75, 3.05) is 26.2 Å². The monoisotopic (exact) mass is 364 g/mol. The first-order valence-corrected chi connectivity index (χ1v) is 7.99. The normalized spacial score (nSPS) is 29.9. The molecular formula is C11H14Br2N2S. The van der Waals surface area contributed by atoms with Gasteiger partial charge in [-0.3, -0.25) is 4.90 Å². The van der Waals surface area contributed by atoms with E-state index >= 15 is 0 Å². The van der Waals surface area contributed by atoms with Gasteiger partial charge in [0.15, 0.2) is 0 Å². The lowest BCUT2D eigenvalue weighted by molar-refractivity contribution is 0.308. The largest absolute Gasteiger partial charge is 0.316 e. The Kier molecular flexibility index (Phi) is 3.42. The van der Waals surface area contributed by atoms with Crippen molar-refractivity contribution in [1.29, 1.82) is 0 Å². The van der Waals surface area contributed by atoms with Crippen molar-refractivity contribution in [1.82, 2.24) is 10.2 Å². The molecule has 2 aliphatic heterocycles. The summed E-state index contributed by atoms with van der Waals surface area (Å²) in [6, 6.07) is 2.24. The lowest BCUT2D eigenvalue weighted by Crippen LogP contribution is -2.25. The summed E-state index contributed by atoms with van der Waals surface area (Å²) in [4.78, 5) is 4.05. The van der Waals surface area contributed by atoms with Crippen LogP contribution in [-0.2, 0) is 6.54 Å². The van der Waals surface area contributed by atoms with Gasteiger partial charge in [0, 0.05) is 29.0 Å². The molecule has 0 aromatic carbocycles. The fraction of sp³-hybridized carbons (Fsp3) is 0.636. The standard InChI is InChI=1S/C11H14Br2N2S/c12-10-1-9(16-11(10)13)6-15-4-7-2-14-3-8(7)5-15/h1,7-8,14H,2-6H2. The maximum Gasteiger partial charge on any atom is 0.0843 e. The fourth-order valence-corrected chi connectivity index (χ4v) is 4.99. The van der Waals surface area contributed by atoms with Crippen molar-refractivity contribution < 1.29 is 0 Å². The van der Waals surface area contributed by atoms with E-state index in [-0.39, 0.29) is 0 Å². The zero-order chi connectivity index (χ0) is 11.1. The molecule has 2 unspecified atom stereocenters. The second-order valence-electron chi connectivity index (χ2n) is 4.71. The van der Waals surface area contributed by atoms with Crippen LogP contribution in [0.1, 0.15) is 4.88 Å². The summed E-state index contributed by atoms with van der Waals surface area (Å²) >= 11 is 8.95. The van der Waals surface area contributed by atoms with Crippen LogP contribution in [0.4, 0.5) is 0 Å². The fourth-order valence-electron chi connectivity index (χ4n) is 2.77. The van der Waals surface area contributed by atoms with Gasteiger partial charge in [0.05, 0.1) is 3.79 Å². The highest BCUT2D eigenvalue weighted by atomic mass is 79.9. The molecule has 2 atom stereocenters. The van der Waals surface area contributed by atoms with Gasteiger partial charge in [0.1, 0.15) is 0 Å². The second-order valence-corrected chi connectivity index (χ2v) is 8.02. The van der Waals surface area contributed by atoms with Gasteiger partial charge in [-0.25, -0.2) is 0 Å². The molecule has 0 amide bonds. The van der Waals surface area contributed by atoms with Crippen molar-refractivity contribution >= 4 is 43.2 Å². The molecule has 1 aromatic heterocycles. The van der Waals surface area contributed by atoms with E-state index in [4.69, 9.17) is 0 Å². The van der Waals surface area contributed by atoms with Crippen LogP contribution in [0.25, 0.3) is 0 Å². The predicted octanol–water partition coefficient (Wildman–Crippen LogP) is 2.92. The van der Waals surface area contributed by atoms with Crippen LogP contribution in [0.3, 0.4) is 0 Å². The predicted molar refractivity (Wildman–Crippen MR) is 74.8 cm³/mol. The molecule has 1 aromatic rings. The smallest absolute Gasteiger partial charge is 0.0843 e. The number of hydrogen-bond acceptors (Lipinski definition) is 3. The molecule has 2 aliphatic rings. The molecule has 3 heterocycles. The summed E-state index contributed by atoms with van der Waals surface area (Å²) in [6.45, 7) is 6.09. The minimum atomic E-state index is 0.895. The molecule has 3 rings (SSSR count). The van der Waals surface area contributed by atoms with E-state index in [0.717, 1.165) is 18.4 Å². The first-order chi connectivity index (χ1) is 7.72. The second kappa shape index (κ2) is 4.69. The minimum Gasteiger partial charge on any atom is -0.316 e. The average Bonchev–Trinajstić information content (AvgIpc) is 2.83. The van der Waals surface area contributed by atoms with Gasteiger partial charge in [0.25, 0.3) is 0 Å². The maximum absolute atomic E-state index is 3.56. The Morgan fingerprint density at radius 1 is 1.31 bits per heavy atom. The average molecular weight is 366 g/mol. The first-order valence-electron chi connectivity index (χ1n) is 5.59.